The molecule has 0 aliphatic carbocycles. The van der Waals surface area contributed by atoms with Crippen molar-refractivity contribution in [1.82, 2.24) is 0 Å². The van der Waals surface area contributed by atoms with Gasteiger partial charge in [0.15, 0.2) is 0 Å². The maximum atomic E-state index is 9.80. The van der Waals surface area contributed by atoms with Gasteiger partial charge in [-0.2, -0.15) is 0 Å². The van der Waals surface area contributed by atoms with Crippen LogP contribution >= 0.6 is 0 Å². The fraction of sp³-hybridized carbons (Fsp3) is 0.750. The fourth-order valence-electron chi connectivity index (χ4n) is 0.107. The minimum atomic E-state index is -2.10. The molecule has 0 aliphatic rings. The Hall–Kier alpha value is -0.530. The zero-order chi connectivity index (χ0) is 7.49. The number of hydrogen-bond donors (Lipinski definition) is 1. The fourth-order valence-corrected chi connectivity index (χ4v) is 0.107. The summed E-state index contributed by atoms with van der Waals surface area (Å²) >= 11 is 0. The third kappa shape index (κ3) is 3.47. The third-order valence-corrected chi connectivity index (χ3v) is 0.339. The summed E-state index contributed by atoms with van der Waals surface area (Å²) in [6.45, 7) is -2.10. The van der Waals surface area contributed by atoms with Crippen LogP contribution in [0.3, 0.4) is 0 Å². The van der Waals surface area contributed by atoms with Crippen LogP contribution in [0, 0.1) is 0 Å². The van der Waals surface area contributed by atoms with Gasteiger partial charge in [-0.1, -0.05) is 6.85 Å². The SMILES string of the molecule is [2H]C([2H])([2H])CCC(=O)O. The lowest BCUT2D eigenvalue weighted by atomic mass is 10.4. The molecule has 0 saturated carbocycles. The second kappa shape index (κ2) is 2.69. The van der Waals surface area contributed by atoms with E-state index in [-0.39, 0.29) is 12.8 Å². The molecule has 0 fully saturated rings. The maximum absolute atomic E-state index is 9.80. The minimum Gasteiger partial charge on any atom is -0.481 e. The van der Waals surface area contributed by atoms with Crippen LogP contribution in [0.25, 0.3) is 0 Å². The van der Waals surface area contributed by atoms with E-state index in [1.165, 1.54) is 0 Å². The van der Waals surface area contributed by atoms with E-state index < -0.39 is 12.8 Å². The highest BCUT2D eigenvalue weighted by Gasteiger charge is 1.87. The average Bonchev–Trinajstić information content (AvgIpc) is 1.59. The van der Waals surface area contributed by atoms with Crippen molar-refractivity contribution in [2.24, 2.45) is 0 Å². The Morgan fingerprint density at radius 2 is 2.83 bits per heavy atom. The van der Waals surface area contributed by atoms with Crippen LogP contribution in [0.1, 0.15) is 23.8 Å². The normalized spacial score (nSPS) is 17.7. The van der Waals surface area contributed by atoms with Crippen LogP contribution in [0.4, 0.5) is 0 Å². The number of carbonyl (C=O) groups is 1. The zero-order valence-corrected chi connectivity index (χ0v) is 3.27. The predicted octanol–water partition coefficient (Wildman–Crippen LogP) is 0.871. The molecule has 0 atom stereocenters. The van der Waals surface area contributed by atoms with Gasteiger partial charge in [0.1, 0.15) is 0 Å². The highest BCUT2D eigenvalue weighted by Crippen LogP contribution is 1.82. The minimum absolute atomic E-state index is 0.248. The summed E-state index contributed by atoms with van der Waals surface area (Å²) in [4.78, 5) is 9.80. The molecule has 0 heterocycles. The molecule has 0 amide bonds. The lowest BCUT2D eigenvalue weighted by molar-refractivity contribution is -0.137. The Morgan fingerprint density at radius 1 is 2.17 bits per heavy atom. The van der Waals surface area contributed by atoms with E-state index in [9.17, 15) is 4.79 Å². The first-order chi connectivity index (χ1) is 3.92. The van der Waals surface area contributed by atoms with Crippen molar-refractivity contribution in [1.29, 1.82) is 0 Å². The lowest BCUT2D eigenvalue weighted by Crippen LogP contribution is -1.90. The van der Waals surface area contributed by atoms with Gasteiger partial charge in [-0.15, -0.1) is 0 Å². The molecule has 1 N–H and O–H groups in total. The first kappa shape index (κ1) is 1.96. The summed E-state index contributed by atoms with van der Waals surface area (Å²) in [7, 11) is 0. The highest BCUT2D eigenvalue weighted by atomic mass is 16.4. The molecular weight excluding hydrogens is 80.0 g/mol. The van der Waals surface area contributed by atoms with Gasteiger partial charge < -0.3 is 5.11 Å². The molecule has 2 nitrogen and oxygen atoms in total. The van der Waals surface area contributed by atoms with E-state index in [1.54, 1.807) is 0 Å². The molecule has 0 spiro atoms. The molecule has 0 bridgehead atoms. The van der Waals surface area contributed by atoms with Gasteiger partial charge in [-0.3, -0.25) is 4.79 Å². The zero-order valence-electron chi connectivity index (χ0n) is 6.27. The molecule has 0 aliphatic heterocycles. The standard InChI is InChI=1S/C4H8O2/c1-2-3-4(5)6/h2-3H2,1H3,(H,5,6)/i1D3. The second-order valence-electron chi connectivity index (χ2n) is 0.894. The largest absolute Gasteiger partial charge is 0.481 e. The summed E-state index contributed by atoms with van der Waals surface area (Å²) in [6, 6.07) is 0. The van der Waals surface area contributed by atoms with Crippen LogP contribution in [0.15, 0.2) is 0 Å². The van der Waals surface area contributed by atoms with Crippen molar-refractivity contribution in [3.8, 4) is 0 Å². The highest BCUT2D eigenvalue weighted by molar-refractivity contribution is 5.66. The van der Waals surface area contributed by atoms with Gasteiger partial charge in [0.2, 0.25) is 0 Å². The smallest absolute Gasteiger partial charge is 0.303 e. The van der Waals surface area contributed by atoms with E-state index in [0.29, 0.717) is 0 Å². The Labute approximate surface area is 41.0 Å². The van der Waals surface area contributed by atoms with Crippen LogP contribution in [-0.4, -0.2) is 11.1 Å². The van der Waals surface area contributed by atoms with Crippen molar-refractivity contribution in [3.05, 3.63) is 0 Å². The van der Waals surface area contributed by atoms with Crippen molar-refractivity contribution < 1.29 is 14.0 Å². The molecule has 36 valence electrons. The van der Waals surface area contributed by atoms with Gasteiger partial charge in [0.05, 0.1) is 0 Å². The van der Waals surface area contributed by atoms with Crippen molar-refractivity contribution in [2.45, 2.75) is 19.7 Å². The van der Waals surface area contributed by atoms with E-state index in [0.717, 1.165) is 0 Å². The Kier molecular flexibility index (Phi) is 0.879. The molecule has 0 aromatic carbocycles. The number of rotatable bonds is 2. The predicted molar refractivity (Wildman–Crippen MR) is 22.5 cm³/mol. The number of carboxylic acid groups (broad SMARTS) is 1. The van der Waals surface area contributed by atoms with Gasteiger partial charge in [-0.05, 0) is 6.42 Å². The molecule has 0 aromatic heterocycles. The van der Waals surface area contributed by atoms with Gasteiger partial charge in [0.25, 0.3) is 0 Å². The van der Waals surface area contributed by atoms with Crippen LogP contribution in [-0.2, 0) is 4.79 Å². The Morgan fingerprint density at radius 3 is 3.00 bits per heavy atom. The maximum Gasteiger partial charge on any atom is 0.303 e. The van der Waals surface area contributed by atoms with E-state index in [2.05, 4.69) is 0 Å². The molecule has 0 unspecified atom stereocenters. The van der Waals surface area contributed by atoms with Gasteiger partial charge >= 0.3 is 5.97 Å². The molecule has 0 radical (unpaired) electrons. The summed E-state index contributed by atoms with van der Waals surface area (Å²) in [6.07, 6.45) is -0.529. The molecule has 6 heavy (non-hydrogen) atoms. The average molecular weight is 91.1 g/mol. The van der Waals surface area contributed by atoms with Crippen LogP contribution < -0.4 is 0 Å². The first-order valence-electron chi connectivity index (χ1n) is 3.13. The topological polar surface area (TPSA) is 37.3 Å². The van der Waals surface area contributed by atoms with E-state index >= 15 is 0 Å². The quantitative estimate of drug-likeness (QED) is 0.547. The van der Waals surface area contributed by atoms with Crippen molar-refractivity contribution in [3.63, 3.8) is 0 Å². The van der Waals surface area contributed by atoms with E-state index in [4.69, 9.17) is 9.22 Å². The molecule has 0 saturated heterocycles. The van der Waals surface area contributed by atoms with Crippen LogP contribution in [0.5, 0.6) is 0 Å². The summed E-state index contributed by atoms with van der Waals surface area (Å²) < 4.78 is 19.8. The monoisotopic (exact) mass is 91.1 g/mol. The molecule has 0 aromatic rings. The third-order valence-electron chi connectivity index (χ3n) is 0.339. The molecule has 2 heteroatoms. The van der Waals surface area contributed by atoms with Crippen molar-refractivity contribution in [2.75, 3.05) is 0 Å². The summed E-state index contributed by atoms with van der Waals surface area (Å²) in [5.74, 6) is -1.06. The Balaban J connectivity index is 3.39. The van der Waals surface area contributed by atoms with E-state index in [1.807, 2.05) is 0 Å². The van der Waals surface area contributed by atoms with Gasteiger partial charge in [-0.25, -0.2) is 0 Å². The second-order valence-corrected chi connectivity index (χ2v) is 0.894. The first-order valence-corrected chi connectivity index (χ1v) is 1.63. The number of aliphatic carboxylic acids is 1. The van der Waals surface area contributed by atoms with Crippen LogP contribution in [0.2, 0.25) is 0 Å². The van der Waals surface area contributed by atoms with Crippen molar-refractivity contribution >= 4 is 5.97 Å². The molecule has 0 rings (SSSR count). The lowest BCUT2D eigenvalue weighted by Gasteiger charge is -1.79. The molecular formula is C4H8O2. The summed E-state index contributed by atoms with van der Waals surface area (Å²) in [5.41, 5.74) is 0. The Bertz CT molecular complexity index is 107. The van der Waals surface area contributed by atoms with Gasteiger partial charge in [0, 0.05) is 10.5 Å². The number of hydrogen-bond acceptors (Lipinski definition) is 1. The summed E-state index contributed by atoms with van der Waals surface area (Å²) in [5, 5.41) is 8.03. The number of carboxylic acids is 1.